The van der Waals surface area contributed by atoms with Crippen LogP contribution in [-0.2, 0) is 6.54 Å². The maximum Gasteiger partial charge on any atom is 0.0213 e. The van der Waals surface area contributed by atoms with E-state index in [1.54, 1.807) is 0 Å². The molecule has 0 amide bonds. The molecular formula is C16H26N2. The lowest BCUT2D eigenvalue weighted by atomic mass is 9.98. The molecule has 0 saturated carbocycles. The molecule has 2 nitrogen and oxygen atoms in total. The summed E-state index contributed by atoms with van der Waals surface area (Å²) >= 11 is 0. The summed E-state index contributed by atoms with van der Waals surface area (Å²) in [4.78, 5) is 0. The Kier molecular flexibility index (Phi) is 3.79. The van der Waals surface area contributed by atoms with Gasteiger partial charge in [0.1, 0.15) is 0 Å². The van der Waals surface area contributed by atoms with Crippen molar-refractivity contribution in [3.8, 4) is 0 Å². The molecule has 1 heterocycles. The highest BCUT2D eigenvalue weighted by molar-refractivity contribution is 5.38. The van der Waals surface area contributed by atoms with Crippen LogP contribution in [0, 0.1) is 20.8 Å². The summed E-state index contributed by atoms with van der Waals surface area (Å²) in [5.74, 6) is 0. The standard InChI is InChI=1S/C16H26N2/c1-11-6-7-14(13(3)12(11)2)9-17-15-8-16(4,5)18-10-15/h6-7,15,17-18H,8-10H2,1-5H3. The van der Waals surface area contributed by atoms with Gasteiger partial charge in [0.25, 0.3) is 0 Å². The minimum atomic E-state index is 0.288. The largest absolute Gasteiger partial charge is 0.310 e. The topological polar surface area (TPSA) is 24.1 Å². The van der Waals surface area contributed by atoms with Crippen LogP contribution in [0.15, 0.2) is 12.1 Å². The molecule has 1 atom stereocenters. The van der Waals surface area contributed by atoms with Crippen molar-refractivity contribution in [3.05, 3.63) is 34.4 Å². The van der Waals surface area contributed by atoms with Gasteiger partial charge in [0.15, 0.2) is 0 Å². The fraction of sp³-hybridized carbons (Fsp3) is 0.625. The lowest BCUT2D eigenvalue weighted by Gasteiger charge is -2.18. The Morgan fingerprint density at radius 3 is 2.56 bits per heavy atom. The number of aryl methyl sites for hydroxylation is 1. The smallest absolute Gasteiger partial charge is 0.0213 e. The first kappa shape index (κ1) is 13.6. The summed E-state index contributed by atoms with van der Waals surface area (Å²) in [6.45, 7) is 13.2. The minimum absolute atomic E-state index is 0.288. The lowest BCUT2D eigenvalue weighted by Crippen LogP contribution is -2.31. The van der Waals surface area contributed by atoms with E-state index < -0.39 is 0 Å². The molecule has 1 aromatic rings. The quantitative estimate of drug-likeness (QED) is 0.857. The summed E-state index contributed by atoms with van der Waals surface area (Å²) in [5, 5.41) is 7.23. The Labute approximate surface area is 111 Å². The monoisotopic (exact) mass is 246 g/mol. The molecule has 1 unspecified atom stereocenters. The maximum absolute atomic E-state index is 3.68. The zero-order chi connectivity index (χ0) is 13.3. The van der Waals surface area contributed by atoms with E-state index in [4.69, 9.17) is 0 Å². The average molecular weight is 246 g/mol. The first-order chi connectivity index (χ1) is 8.39. The number of benzene rings is 1. The Bertz CT molecular complexity index is 435. The highest BCUT2D eigenvalue weighted by atomic mass is 15.1. The molecule has 0 radical (unpaired) electrons. The summed E-state index contributed by atoms with van der Waals surface area (Å²) in [6.07, 6.45) is 1.21. The van der Waals surface area contributed by atoms with Gasteiger partial charge in [-0.2, -0.15) is 0 Å². The van der Waals surface area contributed by atoms with Gasteiger partial charge in [-0.15, -0.1) is 0 Å². The second kappa shape index (κ2) is 5.02. The van der Waals surface area contributed by atoms with Gasteiger partial charge in [-0.05, 0) is 63.3 Å². The van der Waals surface area contributed by atoms with Crippen LogP contribution in [0.4, 0.5) is 0 Å². The minimum Gasteiger partial charge on any atom is -0.310 e. The Hall–Kier alpha value is -0.860. The van der Waals surface area contributed by atoms with Gasteiger partial charge < -0.3 is 10.6 Å². The van der Waals surface area contributed by atoms with Crippen LogP contribution in [0.2, 0.25) is 0 Å². The molecule has 0 spiro atoms. The van der Waals surface area contributed by atoms with Crippen LogP contribution in [0.3, 0.4) is 0 Å². The predicted molar refractivity (Wildman–Crippen MR) is 78.0 cm³/mol. The molecule has 1 saturated heterocycles. The molecule has 1 aliphatic heterocycles. The van der Waals surface area contributed by atoms with Crippen molar-refractivity contribution < 1.29 is 0 Å². The fourth-order valence-corrected chi connectivity index (χ4v) is 2.76. The second-order valence-electron chi connectivity index (χ2n) is 6.34. The molecule has 100 valence electrons. The van der Waals surface area contributed by atoms with E-state index in [1.165, 1.54) is 28.7 Å². The molecular weight excluding hydrogens is 220 g/mol. The van der Waals surface area contributed by atoms with Crippen molar-refractivity contribution >= 4 is 0 Å². The van der Waals surface area contributed by atoms with E-state index in [-0.39, 0.29) is 5.54 Å². The lowest BCUT2D eigenvalue weighted by molar-refractivity contribution is 0.442. The SMILES string of the molecule is Cc1ccc(CNC2CNC(C)(C)C2)c(C)c1C. The molecule has 18 heavy (non-hydrogen) atoms. The molecule has 2 rings (SSSR count). The van der Waals surface area contributed by atoms with E-state index in [9.17, 15) is 0 Å². The summed E-state index contributed by atoms with van der Waals surface area (Å²) in [6, 6.07) is 5.09. The molecule has 1 aliphatic rings. The fourth-order valence-electron chi connectivity index (χ4n) is 2.76. The molecule has 0 aromatic heterocycles. The van der Waals surface area contributed by atoms with Crippen LogP contribution in [0.25, 0.3) is 0 Å². The van der Waals surface area contributed by atoms with Crippen LogP contribution in [0.5, 0.6) is 0 Å². The summed E-state index contributed by atoms with van der Waals surface area (Å²) in [5.41, 5.74) is 5.98. The number of hydrogen-bond donors (Lipinski definition) is 2. The second-order valence-corrected chi connectivity index (χ2v) is 6.34. The van der Waals surface area contributed by atoms with Gasteiger partial charge in [0.2, 0.25) is 0 Å². The number of hydrogen-bond acceptors (Lipinski definition) is 2. The average Bonchev–Trinajstić information content (AvgIpc) is 2.65. The highest BCUT2D eigenvalue weighted by Crippen LogP contribution is 2.20. The van der Waals surface area contributed by atoms with E-state index >= 15 is 0 Å². The van der Waals surface area contributed by atoms with Crippen molar-refractivity contribution in [2.24, 2.45) is 0 Å². The van der Waals surface area contributed by atoms with E-state index in [0.29, 0.717) is 6.04 Å². The number of nitrogens with one attached hydrogen (secondary N) is 2. The van der Waals surface area contributed by atoms with Gasteiger partial charge in [-0.25, -0.2) is 0 Å². The first-order valence-electron chi connectivity index (χ1n) is 6.93. The Morgan fingerprint density at radius 2 is 1.94 bits per heavy atom. The summed E-state index contributed by atoms with van der Waals surface area (Å²) in [7, 11) is 0. The van der Waals surface area contributed by atoms with Gasteiger partial charge >= 0.3 is 0 Å². The third-order valence-corrected chi connectivity index (χ3v) is 4.34. The highest BCUT2D eigenvalue weighted by Gasteiger charge is 2.29. The Morgan fingerprint density at radius 1 is 1.22 bits per heavy atom. The van der Waals surface area contributed by atoms with Crippen molar-refractivity contribution in [1.29, 1.82) is 0 Å². The normalized spacial score (nSPS) is 22.4. The van der Waals surface area contributed by atoms with Crippen LogP contribution < -0.4 is 10.6 Å². The van der Waals surface area contributed by atoms with E-state index in [1.807, 2.05) is 0 Å². The van der Waals surface area contributed by atoms with Crippen molar-refractivity contribution in [1.82, 2.24) is 10.6 Å². The van der Waals surface area contributed by atoms with Crippen molar-refractivity contribution in [2.45, 2.75) is 59.2 Å². The molecule has 0 bridgehead atoms. The van der Waals surface area contributed by atoms with Gasteiger partial charge in [-0.1, -0.05) is 12.1 Å². The van der Waals surface area contributed by atoms with Crippen molar-refractivity contribution in [3.63, 3.8) is 0 Å². The van der Waals surface area contributed by atoms with Gasteiger partial charge in [0.05, 0.1) is 0 Å². The third-order valence-electron chi connectivity index (χ3n) is 4.34. The predicted octanol–water partition coefficient (Wildman–Crippen LogP) is 2.84. The van der Waals surface area contributed by atoms with Crippen molar-refractivity contribution in [2.75, 3.05) is 6.54 Å². The van der Waals surface area contributed by atoms with Crippen LogP contribution >= 0.6 is 0 Å². The van der Waals surface area contributed by atoms with Gasteiger partial charge in [-0.3, -0.25) is 0 Å². The van der Waals surface area contributed by atoms with E-state index in [2.05, 4.69) is 57.4 Å². The molecule has 1 fully saturated rings. The van der Waals surface area contributed by atoms with Gasteiger partial charge in [0, 0.05) is 24.7 Å². The molecule has 2 heteroatoms. The summed E-state index contributed by atoms with van der Waals surface area (Å²) < 4.78 is 0. The zero-order valence-electron chi connectivity index (χ0n) is 12.4. The number of rotatable bonds is 3. The molecule has 1 aromatic carbocycles. The maximum atomic E-state index is 3.68. The Balaban J connectivity index is 1.97. The third kappa shape index (κ3) is 2.93. The molecule has 0 aliphatic carbocycles. The van der Waals surface area contributed by atoms with Crippen LogP contribution in [0.1, 0.15) is 42.5 Å². The van der Waals surface area contributed by atoms with Crippen LogP contribution in [-0.4, -0.2) is 18.1 Å². The first-order valence-corrected chi connectivity index (χ1v) is 6.93. The molecule has 2 N–H and O–H groups in total. The van der Waals surface area contributed by atoms with E-state index in [0.717, 1.165) is 13.1 Å². The zero-order valence-corrected chi connectivity index (χ0v) is 12.4.